The van der Waals surface area contributed by atoms with Gasteiger partial charge in [0, 0.05) is 18.8 Å². The summed E-state index contributed by atoms with van der Waals surface area (Å²) in [4.78, 5) is 14.2. The van der Waals surface area contributed by atoms with Crippen LogP contribution in [0.2, 0.25) is 0 Å². The summed E-state index contributed by atoms with van der Waals surface area (Å²) in [6.45, 7) is 3.77. The Bertz CT molecular complexity index is 461. The van der Waals surface area contributed by atoms with Crippen molar-refractivity contribution in [3.05, 3.63) is 29.8 Å². The Morgan fingerprint density at radius 3 is 2.89 bits per heavy atom. The highest BCUT2D eigenvalue weighted by Crippen LogP contribution is 2.28. The zero-order valence-corrected chi connectivity index (χ0v) is 11.9. The van der Waals surface area contributed by atoms with Crippen LogP contribution in [0.15, 0.2) is 24.3 Å². The van der Waals surface area contributed by atoms with E-state index in [-0.39, 0.29) is 5.97 Å². The Morgan fingerprint density at radius 2 is 2.21 bits per heavy atom. The van der Waals surface area contributed by atoms with Gasteiger partial charge in [0.2, 0.25) is 0 Å². The van der Waals surface area contributed by atoms with Crippen molar-refractivity contribution >= 4 is 11.7 Å². The number of nitrogens with one attached hydrogen (secondary N) is 1. The number of likely N-dealkylation sites (N-methyl/N-ethyl adjacent to an activating group) is 1. The average molecular weight is 262 g/mol. The quantitative estimate of drug-likeness (QED) is 0.818. The van der Waals surface area contributed by atoms with Gasteiger partial charge in [0.05, 0.1) is 7.11 Å². The number of hydrogen-bond acceptors (Lipinski definition) is 4. The fourth-order valence-electron chi connectivity index (χ4n) is 2.55. The number of nitrogens with zero attached hydrogens (tertiary/aromatic N) is 1. The monoisotopic (exact) mass is 262 g/mol. The molecule has 1 aliphatic rings. The van der Waals surface area contributed by atoms with Gasteiger partial charge < -0.3 is 15.0 Å². The van der Waals surface area contributed by atoms with Crippen LogP contribution >= 0.6 is 0 Å². The van der Waals surface area contributed by atoms with E-state index in [1.165, 1.54) is 18.4 Å². The molecule has 1 N–H and O–H groups in total. The van der Waals surface area contributed by atoms with E-state index in [4.69, 9.17) is 4.74 Å². The molecule has 0 saturated carbocycles. The molecule has 1 aliphatic heterocycles. The van der Waals surface area contributed by atoms with E-state index in [0.29, 0.717) is 0 Å². The molecule has 104 valence electrons. The molecule has 1 aromatic carbocycles. The standard InChI is InChI=1S/C15H22N2O2/c1-15(16-2,14(18)19-3)9-11-17-10-8-12-6-4-5-7-13(12)17/h4-7,16H,8-11H2,1-3H3. The Morgan fingerprint density at radius 1 is 1.47 bits per heavy atom. The first-order valence-electron chi connectivity index (χ1n) is 6.71. The van der Waals surface area contributed by atoms with Crippen molar-refractivity contribution in [2.24, 2.45) is 0 Å². The molecule has 0 saturated heterocycles. The van der Waals surface area contributed by atoms with Crippen LogP contribution in [0.5, 0.6) is 0 Å². The predicted molar refractivity (Wildman–Crippen MR) is 76.5 cm³/mol. The lowest BCUT2D eigenvalue weighted by molar-refractivity contribution is -0.147. The third-order valence-electron chi connectivity index (χ3n) is 4.05. The normalized spacial score (nSPS) is 16.9. The maximum atomic E-state index is 11.8. The van der Waals surface area contributed by atoms with E-state index < -0.39 is 5.54 Å². The Hall–Kier alpha value is -1.55. The molecule has 0 aliphatic carbocycles. The Balaban J connectivity index is 2.02. The van der Waals surface area contributed by atoms with E-state index in [1.54, 1.807) is 7.05 Å². The van der Waals surface area contributed by atoms with Crippen molar-refractivity contribution < 1.29 is 9.53 Å². The van der Waals surface area contributed by atoms with Crippen LogP contribution in [-0.4, -0.2) is 38.8 Å². The van der Waals surface area contributed by atoms with Crippen molar-refractivity contribution in [2.45, 2.75) is 25.3 Å². The summed E-state index contributed by atoms with van der Waals surface area (Å²) >= 11 is 0. The first kappa shape index (κ1) is 13.9. The average Bonchev–Trinajstić information content (AvgIpc) is 2.87. The SMILES string of the molecule is CNC(C)(CCN1CCc2ccccc21)C(=O)OC. The summed E-state index contributed by atoms with van der Waals surface area (Å²) in [5.74, 6) is -0.206. The number of carbonyl (C=O) groups excluding carboxylic acids is 1. The second-order valence-electron chi connectivity index (χ2n) is 5.19. The molecule has 0 aromatic heterocycles. The number of anilines is 1. The summed E-state index contributed by atoms with van der Waals surface area (Å²) in [7, 11) is 3.23. The van der Waals surface area contributed by atoms with Gasteiger partial charge in [-0.25, -0.2) is 0 Å². The molecule has 19 heavy (non-hydrogen) atoms. The highest BCUT2D eigenvalue weighted by Gasteiger charge is 2.33. The molecule has 0 bridgehead atoms. The topological polar surface area (TPSA) is 41.6 Å². The van der Waals surface area contributed by atoms with Crippen molar-refractivity contribution in [3.8, 4) is 0 Å². The van der Waals surface area contributed by atoms with E-state index in [0.717, 1.165) is 25.9 Å². The number of para-hydroxylation sites is 1. The van der Waals surface area contributed by atoms with E-state index in [2.05, 4.69) is 34.5 Å². The predicted octanol–water partition coefficient (Wildman–Crippen LogP) is 1.59. The molecule has 0 amide bonds. The van der Waals surface area contributed by atoms with Gasteiger partial charge in [0.1, 0.15) is 5.54 Å². The molecule has 0 radical (unpaired) electrons. The molecular weight excluding hydrogens is 240 g/mol. The smallest absolute Gasteiger partial charge is 0.325 e. The van der Waals surface area contributed by atoms with E-state index in [1.807, 2.05) is 6.92 Å². The summed E-state index contributed by atoms with van der Waals surface area (Å²) in [6, 6.07) is 8.47. The number of hydrogen-bond donors (Lipinski definition) is 1. The Labute approximate surface area is 114 Å². The lowest BCUT2D eigenvalue weighted by atomic mass is 9.98. The zero-order chi connectivity index (χ0) is 13.9. The lowest BCUT2D eigenvalue weighted by Crippen LogP contribution is -2.50. The highest BCUT2D eigenvalue weighted by atomic mass is 16.5. The van der Waals surface area contributed by atoms with Crippen molar-refractivity contribution in [2.75, 3.05) is 32.1 Å². The van der Waals surface area contributed by atoms with Crippen molar-refractivity contribution in [1.82, 2.24) is 5.32 Å². The summed E-state index contributed by atoms with van der Waals surface area (Å²) in [6.07, 6.45) is 1.81. The zero-order valence-electron chi connectivity index (χ0n) is 11.9. The molecule has 4 heteroatoms. The molecular formula is C15H22N2O2. The van der Waals surface area contributed by atoms with Crippen LogP contribution in [0.1, 0.15) is 18.9 Å². The van der Waals surface area contributed by atoms with E-state index >= 15 is 0 Å². The fraction of sp³-hybridized carbons (Fsp3) is 0.533. The van der Waals surface area contributed by atoms with Gasteiger partial charge in [-0.1, -0.05) is 18.2 Å². The summed E-state index contributed by atoms with van der Waals surface area (Å²) in [5, 5.41) is 3.08. The molecule has 1 heterocycles. The first-order chi connectivity index (χ1) is 9.10. The number of benzene rings is 1. The lowest BCUT2D eigenvalue weighted by Gasteiger charge is -2.29. The van der Waals surface area contributed by atoms with Gasteiger partial charge in [0.15, 0.2) is 0 Å². The van der Waals surface area contributed by atoms with Crippen LogP contribution in [0, 0.1) is 0 Å². The van der Waals surface area contributed by atoms with Crippen LogP contribution in [0.25, 0.3) is 0 Å². The molecule has 1 aromatic rings. The van der Waals surface area contributed by atoms with Gasteiger partial charge in [0.25, 0.3) is 0 Å². The number of rotatable bonds is 5. The van der Waals surface area contributed by atoms with Crippen LogP contribution in [0.4, 0.5) is 5.69 Å². The van der Waals surface area contributed by atoms with Crippen LogP contribution in [0.3, 0.4) is 0 Å². The fourth-order valence-corrected chi connectivity index (χ4v) is 2.55. The van der Waals surface area contributed by atoms with Gasteiger partial charge >= 0.3 is 5.97 Å². The van der Waals surface area contributed by atoms with Crippen LogP contribution < -0.4 is 10.2 Å². The minimum Gasteiger partial charge on any atom is -0.468 e. The number of carbonyl (C=O) groups is 1. The van der Waals surface area contributed by atoms with Crippen molar-refractivity contribution in [3.63, 3.8) is 0 Å². The number of ether oxygens (including phenoxy) is 1. The molecule has 0 fully saturated rings. The highest BCUT2D eigenvalue weighted by molar-refractivity contribution is 5.80. The van der Waals surface area contributed by atoms with Crippen LogP contribution in [-0.2, 0) is 16.0 Å². The maximum absolute atomic E-state index is 11.8. The second kappa shape index (κ2) is 5.61. The van der Waals surface area contributed by atoms with Gasteiger partial charge in [-0.2, -0.15) is 0 Å². The molecule has 1 unspecified atom stereocenters. The minimum atomic E-state index is -0.619. The van der Waals surface area contributed by atoms with E-state index in [9.17, 15) is 4.79 Å². The number of esters is 1. The van der Waals surface area contributed by atoms with Gasteiger partial charge in [-0.15, -0.1) is 0 Å². The molecule has 4 nitrogen and oxygen atoms in total. The molecule has 2 rings (SSSR count). The third kappa shape index (κ3) is 2.73. The van der Waals surface area contributed by atoms with Crippen molar-refractivity contribution in [1.29, 1.82) is 0 Å². The molecule has 1 atom stereocenters. The van der Waals surface area contributed by atoms with Gasteiger partial charge in [-0.05, 0) is 38.4 Å². The summed E-state index contributed by atoms with van der Waals surface area (Å²) < 4.78 is 4.87. The number of methoxy groups -OCH3 is 1. The molecule has 0 spiro atoms. The number of fused-ring (bicyclic) bond motifs is 1. The maximum Gasteiger partial charge on any atom is 0.325 e. The Kier molecular flexibility index (Phi) is 4.10. The minimum absolute atomic E-state index is 0.206. The second-order valence-corrected chi connectivity index (χ2v) is 5.19. The first-order valence-corrected chi connectivity index (χ1v) is 6.71. The third-order valence-corrected chi connectivity index (χ3v) is 4.05. The summed E-state index contributed by atoms with van der Waals surface area (Å²) in [5.41, 5.74) is 2.07. The van der Waals surface area contributed by atoms with Gasteiger partial charge in [-0.3, -0.25) is 4.79 Å². The largest absolute Gasteiger partial charge is 0.468 e.